The predicted molar refractivity (Wildman–Crippen MR) is 72.9 cm³/mol. The number of hydrogen-bond acceptors (Lipinski definition) is 3. The third-order valence-electron chi connectivity index (χ3n) is 2.63. The van der Waals surface area contributed by atoms with Crippen LogP contribution in [0.15, 0.2) is 18.2 Å². The molecule has 0 aromatic heterocycles. The highest BCUT2D eigenvalue weighted by Gasteiger charge is 2.12. The van der Waals surface area contributed by atoms with Gasteiger partial charge in [-0.1, -0.05) is 17.7 Å². The molecule has 0 spiro atoms. The van der Waals surface area contributed by atoms with E-state index in [1.54, 1.807) is 11.0 Å². The van der Waals surface area contributed by atoms with Crippen LogP contribution in [0.4, 0.5) is 4.39 Å². The molecule has 1 aromatic carbocycles. The lowest BCUT2D eigenvalue weighted by Crippen LogP contribution is -2.35. The number of carboxylic acid groups (broad SMARTS) is 1. The van der Waals surface area contributed by atoms with Gasteiger partial charge in [-0.25, -0.2) is 4.39 Å². The van der Waals surface area contributed by atoms with Crippen LogP contribution < -0.4 is 0 Å². The maximum Gasteiger partial charge on any atom is 0.317 e. The molecule has 0 bridgehead atoms. The van der Waals surface area contributed by atoms with Gasteiger partial charge in [-0.2, -0.15) is 0 Å². The second-order valence-corrected chi connectivity index (χ2v) is 5.05. The van der Waals surface area contributed by atoms with Crippen molar-refractivity contribution < 1.29 is 14.3 Å². The molecule has 0 saturated carbocycles. The SMILES string of the molecule is CN(C)CCN(CC(=O)O)Cc1ccc(F)cc1Cl. The summed E-state index contributed by atoms with van der Waals surface area (Å²) in [4.78, 5) is 14.6. The number of nitrogens with zero attached hydrogens (tertiary/aromatic N) is 2. The summed E-state index contributed by atoms with van der Waals surface area (Å²) in [7, 11) is 3.84. The van der Waals surface area contributed by atoms with E-state index in [1.807, 2.05) is 19.0 Å². The Hall–Kier alpha value is -1.17. The third-order valence-corrected chi connectivity index (χ3v) is 2.98. The molecule has 1 rings (SSSR count). The number of aliphatic carboxylic acids is 1. The van der Waals surface area contributed by atoms with Gasteiger partial charge >= 0.3 is 5.97 Å². The van der Waals surface area contributed by atoms with E-state index < -0.39 is 11.8 Å². The van der Waals surface area contributed by atoms with Gasteiger partial charge in [-0.3, -0.25) is 9.69 Å². The summed E-state index contributed by atoms with van der Waals surface area (Å²) < 4.78 is 13.0. The van der Waals surface area contributed by atoms with Gasteiger partial charge in [0.1, 0.15) is 5.82 Å². The molecule has 0 radical (unpaired) electrons. The van der Waals surface area contributed by atoms with Crippen molar-refractivity contribution in [1.82, 2.24) is 9.80 Å². The Bertz CT molecular complexity index is 441. The van der Waals surface area contributed by atoms with Crippen LogP contribution in [0.25, 0.3) is 0 Å². The summed E-state index contributed by atoms with van der Waals surface area (Å²) in [5.74, 6) is -1.29. The van der Waals surface area contributed by atoms with Gasteiger partial charge in [-0.05, 0) is 31.8 Å². The van der Waals surface area contributed by atoms with Crippen LogP contribution >= 0.6 is 11.6 Å². The minimum absolute atomic E-state index is 0.0679. The van der Waals surface area contributed by atoms with Crippen LogP contribution in [0.3, 0.4) is 0 Å². The Kier molecular flexibility index (Phi) is 6.21. The molecule has 1 aromatic rings. The molecular formula is C13H18ClFN2O2. The Labute approximate surface area is 117 Å². The van der Waals surface area contributed by atoms with Crippen molar-refractivity contribution in [3.63, 3.8) is 0 Å². The van der Waals surface area contributed by atoms with Gasteiger partial charge < -0.3 is 10.0 Å². The zero-order valence-electron chi connectivity index (χ0n) is 11.1. The lowest BCUT2D eigenvalue weighted by atomic mass is 10.2. The topological polar surface area (TPSA) is 43.8 Å². The van der Waals surface area contributed by atoms with Crippen LogP contribution in [-0.4, -0.2) is 54.6 Å². The number of likely N-dealkylation sites (N-methyl/N-ethyl adjacent to an activating group) is 1. The fourth-order valence-corrected chi connectivity index (χ4v) is 1.86. The second-order valence-electron chi connectivity index (χ2n) is 4.64. The average Bonchev–Trinajstić information content (AvgIpc) is 2.28. The number of benzene rings is 1. The van der Waals surface area contributed by atoms with E-state index in [1.165, 1.54) is 12.1 Å². The number of carboxylic acids is 1. The normalized spacial score (nSPS) is 11.3. The first-order valence-corrected chi connectivity index (χ1v) is 6.29. The van der Waals surface area contributed by atoms with Gasteiger partial charge in [0.25, 0.3) is 0 Å². The van der Waals surface area contributed by atoms with E-state index >= 15 is 0 Å². The first kappa shape index (κ1) is 15.9. The molecule has 106 valence electrons. The van der Waals surface area contributed by atoms with Crippen molar-refractivity contribution in [2.75, 3.05) is 33.7 Å². The zero-order valence-corrected chi connectivity index (χ0v) is 11.8. The minimum atomic E-state index is -0.892. The highest BCUT2D eigenvalue weighted by atomic mass is 35.5. The molecule has 0 heterocycles. The first-order valence-electron chi connectivity index (χ1n) is 5.91. The number of halogens is 2. The summed E-state index contributed by atoms with van der Waals surface area (Å²) in [6.45, 7) is 1.67. The Balaban J connectivity index is 2.72. The zero-order chi connectivity index (χ0) is 14.4. The van der Waals surface area contributed by atoms with Crippen LogP contribution in [0.2, 0.25) is 5.02 Å². The number of carbonyl (C=O) groups is 1. The van der Waals surface area contributed by atoms with Crippen molar-refractivity contribution in [3.05, 3.63) is 34.6 Å². The van der Waals surface area contributed by atoms with Crippen molar-refractivity contribution in [2.45, 2.75) is 6.54 Å². The summed E-state index contributed by atoms with van der Waals surface area (Å²) in [5, 5.41) is 9.21. The second kappa shape index (κ2) is 7.43. The lowest BCUT2D eigenvalue weighted by Gasteiger charge is -2.22. The van der Waals surface area contributed by atoms with Gasteiger partial charge in [0.05, 0.1) is 6.54 Å². The van der Waals surface area contributed by atoms with Gasteiger partial charge in [0, 0.05) is 24.7 Å². The molecule has 0 fully saturated rings. The van der Waals surface area contributed by atoms with Crippen molar-refractivity contribution >= 4 is 17.6 Å². The minimum Gasteiger partial charge on any atom is -0.480 e. The van der Waals surface area contributed by atoms with Crippen LogP contribution in [0.1, 0.15) is 5.56 Å². The molecule has 6 heteroatoms. The predicted octanol–water partition coefficient (Wildman–Crippen LogP) is 1.93. The fraction of sp³-hybridized carbons (Fsp3) is 0.462. The highest BCUT2D eigenvalue weighted by Crippen LogP contribution is 2.18. The van der Waals surface area contributed by atoms with E-state index in [0.717, 1.165) is 12.1 Å². The molecular weight excluding hydrogens is 271 g/mol. The van der Waals surface area contributed by atoms with E-state index in [0.29, 0.717) is 18.1 Å². The molecule has 0 aliphatic heterocycles. The van der Waals surface area contributed by atoms with Crippen molar-refractivity contribution in [2.24, 2.45) is 0 Å². The third kappa shape index (κ3) is 6.00. The fourth-order valence-electron chi connectivity index (χ4n) is 1.64. The number of rotatable bonds is 7. The van der Waals surface area contributed by atoms with E-state index in [2.05, 4.69) is 0 Å². The van der Waals surface area contributed by atoms with E-state index in [4.69, 9.17) is 16.7 Å². The number of hydrogen-bond donors (Lipinski definition) is 1. The molecule has 0 unspecified atom stereocenters. The summed E-state index contributed by atoms with van der Waals surface area (Å²) in [6.07, 6.45) is 0. The lowest BCUT2D eigenvalue weighted by molar-refractivity contribution is -0.138. The maximum atomic E-state index is 13.0. The van der Waals surface area contributed by atoms with Gasteiger partial charge in [0.15, 0.2) is 0 Å². The average molecular weight is 289 g/mol. The largest absolute Gasteiger partial charge is 0.480 e. The van der Waals surface area contributed by atoms with E-state index in [9.17, 15) is 9.18 Å². The Morgan fingerprint density at radius 2 is 2.05 bits per heavy atom. The summed E-state index contributed by atoms with van der Waals surface area (Å²) in [6, 6.07) is 4.15. The Morgan fingerprint density at radius 3 is 2.58 bits per heavy atom. The highest BCUT2D eigenvalue weighted by molar-refractivity contribution is 6.31. The standard InChI is InChI=1S/C13H18ClFN2O2/c1-16(2)5-6-17(9-13(18)19)8-10-3-4-11(15)7-12(10)14/h3-4,7H,5-6,8-9H2,1-2H3,(H,18,19). The van der Waals surface area contributed by atoms with E-state index in [-0.39, 0.29) is 6.54 Å². The van der Waals surface area contributed by atoms with Gasteiger partial charge in [-0.15, -0.1) is 0 Å². The van der Waals surface area contributed by atoms with Crippen molar-refractivity contribution in [3.8, 4) is 0 Å². The molecule has 1 N–H and O–H groups in total. The monoisotopic (exact) mass is 288 g/mol. The van der Waals surface area contributed by atoms with Crippen LogP contribution in [0.5, 0.6) is 0 Å². The van der Waals surface area contributed by atoms with Gasteiger partial charge in [0.2, 0.25) is 0 Å². The van der Waals surface area contributed by atoms with Crippen molar-refractivity contribution in [1.29, 1.82) is 0 Å². The molecule has 0 aliphatic rings. The Morgan fingerprint density at radius 1 is 1.37 bits per heavy atom. The summed E-state index contributed by atoms with van der Waals surface area (Å²) in [5.41, 5.74) is 0.725. The molecule has 0 amide bonds. The quantitative estimate of drug-likeness (QED) is 0.833. The molecule has 4 nitrogen and oxygen atoms in total. The summed E-state index contributed by atoms with van der Waals surface area (Å²) >= 11 is 5.95. The maximum absolute atomic E-state index is 13.0. The molecule has 0 aliphatic carbocycles. The molecule has 19 heavy (non-hydrogen) atoms. The molecule has 0 saturated heterocycles. The van der Waals surface area contributed by atoms with Crippen LogP contribution in [-0.2, 0) is 11.3 Å². The first-order chi connectivity index (χ1) is 8.88. The smallest absolute Gasteiger partial charge is 0.317 e. The van der Waals surface area contributed by atoms with Crippen LogP contribution in [0, 0.1) is 5.82 Å². The molecule has 0 atom stereocenters.